The molecule has 0 bridgehead atoms. The molecule has 5 nitrogen and oxygen atoms in total. The lowest BCUT2D eigenvalue weighted by molar-refractivity contribution is -0.136. The quantitative estimate of drug-likeness (QED) is 0.711. The van der Waals surface area contributed by atoms with Crippen LogP contribution in [0, 0.1) is 11.6 Å². The highest BCUT2D eigenvalue weighted by atomic mass is 32.2. The van der Waals surface area contributed by atoms with Gasteiger partial charge >= 0.3 is 11.8 Å². The molecule has 0 aliphatic rings. The molecule has 1 aromatic carbocycles. The minimum absolute atomic E-state index is 0.133. The van der Waals surface area contributed by atoms with E-state index in [4.69, 9.17) is 0 Å². The largest absolute Gasteiger partial charge is 0.387 e. The Bertz CT molecular complexity index is 538. The minimum Gasteiger partial charge on any atom is -0.387 e. The molecule has 1 aromatic rings. The maximum Gasteiger partial charge on any atom is 0.313 e. The second-order valence-corrected chi connectivity index (χ2v) is 5.56. The first-order chi connectivity index (χ1) is 9.75. The van der Waals surface area contributed by atoms with E-state index in [1.54, 1.807) is 6.26 Å². The molecule has 0 unspecified atom stereocenters. The predicted octanol–water partition coefficient (Wildman–Crippen LogP) is 1.13. The SMILES string of the molecule is CSC[C@@](C)(O)CNC(=O)C(=O)Nc1cc(F)ccc1F. The molecule has 0 saturated carbocycles. The van der Waals surface area contributed by atoms with E-state index in [1.807, 2.05) is 5.32 Å². The van der Waals surface area contributed by atoms with Crippen molar-refractivity contribution in [1.82, 2.24) is 5.32 Å². The topological polar surface area (TPSA) is 78.4 Å². The van der Waals surface area contributed by atoms with Gasteiger partial charge in [0.05, 0.1) is 11.3 Å². The summed E-state index contributed by atoms with van der Waals surface area (Å²) in [5.74, 6) is -3.41. The zero-order valence-corrected chi connectivity index (χ0v) is 12.4. The first kappa shape index (κ1) is 17.4. The summed E-state index contributed by atoms with van der Waals surface area (Å²) in [6, 6.07) is 2.50. The van der Waals surface area contributed by atoms with Gasteiger partial charge in [0.25, 0.3) is 0 Å². The second-order valence-electron chi connectivity index (χ2n) is 4.69. The van der Waals surface area contributed by atoms with Gasteiger partial charge in [-0.15, -0.1) is 0 Å². The Kier molecular flexibility index (Phi) is 6.10. The normalized spacial score (nSPS) is 13.4. The number of thioether (sulfide) groups is 1. The number of carbonyl (C=O) groups is 2. The molecule has 2 amide bonds. The van der Waals surface area contributed by atoms with Gasteiger partial charge in [0, 0.05) is 18.4 Å². The van der Waals surface area contributed by atoms with Crippen LogP contribution in [0.1, 0.15) is 6.92 Å². The highest BCUT2D eigenvalue weighted by molar-refractivity contribution is 7.98. The number of rotatable bonds is 5. The molecular weight excluding hydrogens is 302 g/mol. The number of amides is 2. The predicted molar refractivity (Wildman–Crippen MR) is 77.0 cm³/mol. The standard InChI is InChI=1S/C13H16F2N2O3S/c1-13(20,7-21-2)6-16-11(18)12(19)17-10-5-8(14)3-4-9(10)15/h3-5,20H,6-7H2,1-2H3,(H,16,18)(H,17,19)/t13-/m0/s1. The van der Waals surface area contributed by atoms with Crippen LogP contribution in [0.25, 0.3) is 0 Å². The zero-order chi connectivity index (χ0) is 16.0. The lowest BCUT2D eigenvalue weighted by Crippen LogP contribution is -2.46. The van der Waals surface area contributed by atoms with Crippen LogP contribution < -0.4 is 10.6 Å². The van der Waals surface area contributed by atoms with Crippen molar-refractivity contribution in [1.29, 1.82) is 0 Å². The average Bonchev–Trinajstić information content (AvgIpc) is 2.40. The van der Waals surface area contributed by atoms with Gasteiger partial charge in [0.15, 0.2) is 0 Å². The highest BCUT2D eigenvalue weighted by Crippen LogP contribution is 2.15. The summed E-state index contributed by atoms with van der Waals surface area (Å²) >= 11 is 1.38. The van der Waals surface area contributed by atoms with Crippen molar-refractivity contribution in [3.8, 4) is 0 Å². The lowest BCUT2D eigenvalue weighted by atomic mass is 10.1. The van der Waals surface area contributed by atoms with E-state index in [1.165, 1.54) is 18.7 Å². The molecule has 3 N–H and O–H groups in total. The minimum atomic E-state index is -1.17. The van der Waals surface area contributed by atoms with Crippen molar-refractivity contribution in [2.45, 2.75) is 12.5 Å². The number of anilines is 1. The summed E-state index contributed by atoms with van der Waals surface area (Å²) in [5.41, 5.74) is -1.59. The van der Waals surface area contributed by atoms with Crippen molar-refractivity contribution < 1.29 is 23.5 Å². The van der Waals surface area contributed by atoms with Gasteiger partial charge in [-0.3, -0.25) is 9.59 Å². The fourth-order valence-corrected chi connectivity index (χ4v) is 2.21. The second kappa shape index (κ2) is 7.37. The van der Waals surface area contributed by atoms with Crippen molar-refractivity contribution in [2.24, 2.45) is 0 Å². The molecular formula is C13H16F2N2O3S. The Morgan fingerprint density at radius 3 is 2.62 bits per heavy atom. The van der Waals surface area contributed by atoms with Crippen LogP contribution in [-0.2, 0) is 9.59 Å². The molecule has 0 aliphatic carbocycles. The number of carbonyl (C=O) groups excluding carboxylic acids is 2. The lowest BCUT2D eigenvalue weighted by Gasteiger charge is -2.22. The van der Waals surface area contributed by atoms with Crippen molar-refractivity contribution in [2.75, 3.05) is 23.9 Å². The molecule has 8 heteroatoms. The van der Waals surface area contributed by atoms with Crippen LogP contribution >= 0.6 is 11.8 Å². The van der Waals surface area contributed by atoms with Gasteiger partial charge in [-0.1, -0.05) is 0 Å². The third kappa shape index (κ3) is 5.68. The van der Waals surface area contributed by atoms with E-state index < -0.39 is 34.7 Å². The van der Waals surface area contributed by atoms with Crippen molar-refractivity contribution in [3.05, 3.63) is 29.8 Å². The summed E-state index contributed by atoms with van der Waals surface area (Å²) in [4.78, 5) is 23.1. The molecule has 116 valence electrons. The molecule has 0 radical (unpaired) electrons. The van der Waals surface area contributed by atoms with Gasteiger partial charge in [-0.05, 0) is 25.3 Å². The summed E-state index contributed by atoms with van der Waals surface area (Å²) in [7, 11) is 0. The van der Waals surface area contributed by atoms with Gasteiger partial charge in [0.1, 0.15) is 11.6 Å². The third-order valence-electron chi connectivity index (χ3n) is 2.47. The molecule has 0 fully saturated rings. The monoisotopic (exact) mass is 318 g/mol. The summed E-state index contributed by atoms with van der Waals surface area (Å²) in [5, 5.41) is 14.0. The Balaban J connectivity index is 2.59. The number of aliphatic hydroxyl groups is 1. The Morgan fingerprint density at radius 1 is 1.33 bits per heavy atom. The summed E-state index contributed by atoms with van der Waals surface area (Å²) < 4.78 is 26.2. The van der Waals surface area contributed by atoms with E-state index in [0.717, 1.165) is 18.2 Å². The highest BCUT2D eigenvalue weighted by Gasteiger charge is 2.23. The Morgan fingerprint density at radius 2 is 2.00 bits per heavy atom. The summed E-state index contributed by atoms with van der Waals surface area (Å²) in [6.45, 7) is 1.37. The average molecular weight is 318 g/mol. The fourth-order valence-electron chi connectivity index (χ4n) is 1.49. The molecule has 21 heavy (non-hydrogen) atoms. The Labute approximate surface area is 125 Å². The van der Waals surface area contributed by atoms with Gasteiger partial charge in [-0.2, -0.15) is 11.8 Å². The van der Waals surface area contributed by atoms with Crippen LogP contribution in [-0.4, -0.2) is 41.1 Å². The van der Waals surface area contributed by atoms with Crippen molar-refractivity contribution in [3.63, 3.8) is 0 Å². The number of benzene rings is 1. The number of hydrogen-bond acceptors (Lipinski definition) is 4. The first-order valence-electron chi connectivity index (χ1n) is 6.01. The van der Waals surface area contributed by atoms with Gasteiger partial charge in [0.2, 0.25) is 0 Å². The fraction of sp³-hybridized carbons (Fsp3) is 0.385. The van der Waals surface area contributed by atoms with Crippen LogP contribution in [0.5, 0.6) is 0 Å². The first-order valence-corrected chi connectivity index (χ1v) is 7.40. The number of hydrogen-bond donors (Lipinski definition) is 3. The van der Waals surface area contributed by atoms with Gasteiger partial charge in [-0.25, -0.2) is 8.78 Å². The smallest absolute Gasteiger partial charge is 0.313 e. The van der Waals surface area contributed by atoms with E-state index >= 15 is 0 Å². The van der Waals surface area contributed by atoms with Crippen LogP contribution in [0.2, 0.25) is 0 Å². The van der Waals surface area contributed by atoms with E-state index in [9.17, 15) is 23.5 Å². The molecule has 0 aromatic heterocycles. The van der Waals surface area contributed by atoms with Crippen molar-refractivity contribution >= 4 is 29.3 Å². The molecule has 0 aliphatic heterocycles. The Hall–Kier alpha value is -1.67. The summed E-state index contributed by atoms with van der Waals surface area (Å²) in [6.07, 6.45) is 1.79. The van der Waals surface area contributed by atoms with E-state index in [-0.39, 0.29) is 6.54 Å². The van der Waals surface area contributed by atoms with Gasteiger partial charge < -0.3 is 15.7 Å². The maximum atomic E-state index is 13.3. The molecule has 0 heterocycles. The van der Waals surface area contributed by atoms with Crippen LogP contribution in [0.15, 0.2) is 18.2 Å². The molecule has 0 spiro atoms. The molecule has 1 atom stereocenters. The molecule has 0 saturated heterocycles. The number of nitrogens with one attached hydrogen (secondary N) is 2. The maximum absolute atomic E-state index is 13.3. The zero-order valence-electron chi connectivity index (χ0n) is 11.6. The number of halogens is 2. The molecule has 1 rings (SSSR count). The third-order valence-corrected chi connectivity index (χ3v) is 3.38. The van der Waals surface area contributed by atoms with Crippen LogP contribution in [0.4, 0.5) is 14.5 Å². The van der Waals surface area contributed by atoms with E-state index in [0.29, 0.717) is 5.75 Å². The van der Waals surface area contributed by atoms with Crippen LogP contribution in [0.3, 0.4) is 0 Å². The van der Waals surface area contributed by atoms with E-state index in [2.05, 4.69) is 5.32 Å².